The number of carbonyl (C=O) groups excluding carboxylic acids is 2. The second-order valence-electron chi connectivity index (χ2n) is 6.76. The van der Waals surface area contributed by atoms with Gasteiger partial charge in [0.05, 0.1) is 11.8 Å². The summed E-state index contributed by atoms with van der Waals surface area (Å²) in [7, 11) is 1.67. The van der Waals surface area contributed by atoms with Crippen molar-refractivity contribution in [3.05, 3.63) is 59.2 Å². The Morgan fingerprint density at radius 2 is 1.81 bits per heavy atom. The lowest BCUT2D eigenvalue weighted by Crippen LogP contribution is -2.39. The number of hydrogen-bond donors (Lipinski definition) is 1. The highest BCUT2D eigenvalue weighted by Crippen LogP contribution is 2.26. The van der Waals surface area contributed by atoms with Crippen LogP contribution in [0, 0.1) is 13.8 Å². The van der Waals surface area contributed by atoms with Gasteiger partial charge in [-0.05, 0) is 62.1 Å². The molecule has 0 aliphatic carbocycles. The molecule has 0 aliphatic heterocycles. The van der Waals surface area contributed by atoms with Gasteiger partial charge in [-0.3, -0.25) is 9.59 Å². The third-order valence-electron chi connectivity index (χ3n) is 4.57. The third kappa shape index (κ3) is 5.86. The van der Waals surface area contributed by atoms with E-state index < -0.39 is 0 Å². The molecule has 0 aromatic heterocycles. The summed E-state index contributed by atoms with van der Waals surface area (Å²) in [6, 6.07) is 13.9. The Balaban J connectivity index is 1.93. The summed E-state index contributed by atoms with van der Waals surface area (Å²) >= 11 is 1.52. The molecule has 2 aromatic carbocycles. The molecule has 0 spiro atoms. The van der Waals surface area contributed by atoms with Gasteiger partial charge in [-0.25, -0.2) is 0 Å². The van der Waals surface area contributed by atoms with Crippen molar-refractivity contribution in [1.29, 1.82) is 0 Å². The van der Waals surface area contributed by atoms with Crippen molar-refractivity contribution >= 4 is 29.3 Å². The first-order chi connectivity index (χ1) is 12.8. The van der Waals surface area contributed by atoms with Crippen molar-refractivity contribution in [2.24, 2.45) is 0 Å². The first kappa shape index (κ1) is 21.0. The van der Waals surface area contributed by atoms with Gasteiger partial charge < -0.3 is 10.2 Å². The lowest BCUT2D eigenvalue weighted by Gasteiger charge is -2.21. The van der Waals surface area contributed by atoms with Crippen molar-refractivity contribution in [3.63, 3.8) is 0 Å². The molecule has 0 bridgehead atoms. The normalized spacial score (nSPS) is 11.7. The van der Waals surface area contributed by atoms with E-state index in [0.29, 0.717) is 0 Å². The monoisotopic (exact) mass is 384 g/mol. The molecule has 2 rings (SSSR count). The van der Waals surface area contributed by atoms with Gasteiger partial charge in [0.25, 0.3) is 0 Å². The fourth-order valence-electron chi connectivity index (χ4n) is 2.79. The number of para-hydroxylation sites is 1. The number of nitrogens with one attached hydrogen (secondary N) is 1. The highest BCUT2D eigenvalue weighted by molar-refractivity contribution is 8.00. The fourth-order valence-corrected chi connectivity index (χ4v) is 3.87. The van der Waals surface area contributed by atoms with E-state index in [1.54, 1.807) is 7.05 Å². The smallest absolute Gasteiger partial charge is 0.243 e. The average molecular weight is 385 g/mol. The molecule has 2 aromatic rings. The number of likely N-dealkylation sites (N-methyl/N-ethyl adjacent to an activating group) is 1. The molecule has 1 unspecified atom stereocenters. The van der Waals surface area contributed by atoms with E-state index in [4.69, 9.17) is 0 Å². The molecule has 1 N–H and O–H groups in total. The van der Waals surface area contributed by atoms with Crippen molar-refractivity contribution in [3.8, 4) is 0 Å². The largest absolute Gasteiger partial charge is 0.335 e. The molecule has 27 heavy (non-hydrogen) atoms. The molecule has 0 fully saturated rings. The standard InChI is InChI=1S/C22H28N2O2S/c1-6-18-9-7-8-10-20(18)23-21(25)14-24(5)22(26)17(4)27-19-12-11-15(2)16(3)13-19/h7-13,17H,6,14H2,1-5H3,(H,23,25). The van der Waals surface area contributed by atoms with Gasteiger partial charge in [0.1, 0.15) is 0 Å². The Kier molecular flexibility index (Phi) is 7.48. The van der Waals surface area contributed by atoms with Crippen LogP contribution in [-0.4, -0.2) is 35.6 Å². The number of amides is 2. The van der Waals surface area contributed by atoms with E-state index in [2.05, 4.69) is 31.3 Å². The molecular formula is C22H28N2O2S. The zero-order chi connectivity index (χ0) is 20.0. The summed E-state index contributed by atoms with van der Waals surface area (Å²) in [4.78, 5) is 27.5. The van der Waals surface area contributed by atoms with E-state index in [9.17, 15) is 9.59 Å². The number of rotatable bonds is 7. The molecule has 0 saturated carbocycles. The molecule has 4 nitrogen and oxygen atoms in total. The highest BCUT2D eigenvalue weighted by atomic mass is 32.2. The van der Waals surface area contributed by atoms with Crippen LogP contribution in [0.2, 0.25) is 0 Å². The second-order valence-corrected chi connectivity index (χ2v) is 8.17. The van der Waals surface area contributed by atoms with Crippen molar-refractivity contribution < 1.29 is 9.59 Å². The molecule has 144 valence electrons. The van der Waals surface area contributed by atoms with Crippen LogP contribution < -0.4 is 5.32 Å². The molecule has 0 heterocycles. The number of carbonyl (C=O) groups is 2. The summed E-state index contributed by atoms with van der Waals surface area (Å²) in [5.41, 5.74) is 4.34. The lowest BCUT2D eigenvalue weighted by molar-refractivity contribution is -0.132. The van der Waals surface area contributed by atoms with Gasteiger partial charge in [-0.15, -0.1) is 11.8 Å². The zero-order valence-electron chi connectivity index (χ0n) is 16.7. The zero-order valence-corrected chi connectivity index (χ0v) is 17.5. The quantitative estimate of drug-likeness (QED) is 0.718. The van der Waals surface area contributed by atoms with Crippen molar-refractivity contribution in [1.82, 2.24) is 4.90 Å². The predicted octanol–water partition coefficient (Wildman–Crippen LogP) is 4.44. The van der Waals surface area contributed by atoms with E-state index in [-0.39, 0.29) is 23.6 Å². The molecule has 1 atom stereocenters. The molecule has 0 radical (unpaired) electrons. The van der Waals surface area contributed by atoms with E-state index in [1.165, 1.54) is 27.8 Å². The maximum Gasteiger partial charge on any atom is 0.243 e. The van der Waals surface area contributed by atoms with Gasteiger partial charge in [0, 0.05) is 17.6 Å². The summed E-state index contributed by atoms with van der Waals surface area (Å²) in [5, 5.41) is 2.65. The number of benzene rings is 2. The predicted molar refractivity (Wildman–Crippen MR) is 113 cm³/mol. The van der Waals surface area contributed by atoms with Crippen LogP contribution >= 0.6 is 11.8 Å². The Morgan fingerprint density at radius 1 is 1.11 bits per heavy atom. The van der Waals surface area contributed by atoms with Crippen LogP contribution in [-0.2, 0) is 16.0 Å². The number of aryl methyl sites for hydroxylation is 3. The van der Waals surface area contributed by atoms with Crippen LogP contribution in [0.25, 0.3) is 0 Å². The Bertz CT molecular complexity index is 820. The Labute approximate surface area is 166 Å². The van der Waals surface area contributed by atoms with Gasteiger partial charge in [-0.2, -0.15) is 0 Å². The molecule has 5 heteroatoms. The number of hydrogen-bond acceptors (Lipinski definition) is 3. The number of anilines is 1. The van der Waals surface area contributed by atoms with Gasteiger partial charge in [-0.1, -0.05) is 31.2 Å². The number of nitrogens with zero attached hydrogens (tertiary/aromatic N) is 1. The SMILES string of the molecule is CCc1ccccc1NC(=O)CN(C)C(=O)C(C)Sc1ccc(C)c(C)c1. The van der Waals surface area contributed by atoms with Crippen LogP contribution in [0.5, 0.6) is 0 Å². The van der Waals surface area contributed by atoms with Crippen LogP contribution in [0.3, 0.4) is 0 Å². The first-order valence-corrected chi connectivity index (χ1v) is 10.1. The van der Waals surface area contributed by atoms with Gasteiger partial charge in [0.2, 0.25) is 11.8 Å². The molecule has 2 amide bonds. The summed E-state index contributed by atoms with van der Waals surface area (Å²) < 4.78 is 0. The molecular weight excluding hydrogens is 356 g/mol. The minimum Gasteiger partial charge on any atom is -0.335 e. The van der Waals surface area contributed by atoms with Crippen LogP contribution in [0.4, 0.5) is 5.69 Å². The lowest BCUT2D eigenvalue weighted by atomic mass is 10.1. The third-order valence-corrected chi connectivity index (χ3v) is 5.65. The minimum atomic E-state index is -0.257. The second kappa shape index (κ2) is 9.60. The maximum absolute atomic E-state index is 12.6. The molecule has 0 aliphatic rings. The van der Waals surface area contributed by atoms with Crippen molar-refractivity contribution in [2.75, 3.05) is 18.9 Å². The Hall–Kier alpha value is -2.27. The van der Waals surface area contributed by atoms with Crippen LogP contribution in [0.1, 0.15) is 30.5 Å². The summed E-state index contributed by atoms with van der Waals surface area (Å²) in [6.07, 6.45) is 0.842. The maximum atomic E-state index is 12.6. The van der Waals surface area contributed by atoms with E-state index in [1.807, 2.05) is 44.2 Å². The summed E-state index contributed by atoms with van der Waals surface area (Å²) in [5.74, 6) is -0.243. The van der Waals surface area contributed by atoms with Crippen LogP contribution in [0.15, 0.2) is 47.4 Å². The van der Waals surface area contributed by atoms with E-state index >= 15 is 0 Å². The average Bonchev–Trinajstić information content (AvgIpc) is 2.64. The fraction of sp³-hybridized carbons (Fsp3) is 0.364. The van der Waals surface area contributed by atoms with Gasteiger partial charge >= 0.3 is 0 Å². The minimum absolute atomic E-state index is 0.0364. The topological polar surface area (TPSA) is 49.4 Å². The molecule has 0 saturated heterocycles. The van der Waals surface area contributed by atoms with Crippen molar-refractivity contribution in [2.45, 2.75) is 44.3 Å². The summed E-state index contributed by atoms with van der Waals surface area (Å²) in [6.45, 7) is 8.10. The first-order valence-electron chi connectivity index (χ1n) is 9.18. The number of thioether (sulfide) groups is 1. The van der Waals surface area contributed by atoms with Gasteiger partial charge in [0.15, 0.2) is 0 Å². The Morgan fingerprint density at radius 3 is 2.48 bits per heavy atom. The van der Waals surface area contributed by atoms with E-state index in [0.717, 1.165) is 22.6 Å². The highest BCUT2D eigenvalue weighted by Gasteiger charge is 2.21.